The number of amides is 1. The first-order valence-corrected chi connectivity index (χ1v) is 9.33. The van der Waals surface area contributed by atoms with Crippen molar-refractivity contribution in [1.29, 1.82) is 0 Å². The number of nitrogens with one attached hydrogen (secondary N) is 1. The van der Waals surface area contributed by atoms with E-state index in [-0.39, 0.29) is 11.4 Å². The molecule has 0 aliphatic carbocycles. The third-order valence-electron chi connectivity index (χ3n) is 4.29. The first-order chi connectivity index (χ1) is 13.9. The molecule has 0 atom stereocenters. The van der Waals surface area contributed by atoms with Gasteiger partial charge in [0.15, 0.2) is 4.96 Å². The molecule has 4 aromatic rings. The summed E-state index contributed by atoms with van der Waals surface area (Å²) in [4.78, 5) is 17.7. The maximum atomic E-state index is 13.2. The van der Waals surface area contributed by atoms with Crippen LogP contribution in [0.2, 0.25) is 0 Å². The van der Waals surface area contributed by atoms with Gasteiger partial charge in [-0.3, -0.25) is 9.20 Å². The summed E-state index contributed by atoms with van der Waals surface area (Å²) in [6.45, 7) is 0. The van der Waals surface area contributed by atoms with Gasteiger partial charge >= 0.3 is 6.18 Å². The number of benzene rings is 2. The molecule has 2 aromatic carbocycles. The molecule has 0 unspecified atom stereocenters. The van der Waals surface area contributed by atoms with Crippen LogP contribution in [0.4, 0.5) is 18.9 Å². The molecule has 9 heteroatoms. The number of aromatic nitrogens is 2. The lowest BCUT2D eigenvalue weighted by molar-refractivity contribution is -0.136. The van der Waals surface area contributed by atoms with Gasteiger partial charge < -0.3 is 10.1 Å². The van der Waals surface area contributed by atoms with Crippen LogP contribution in [0.1, 0.15) is 16.1 Å². The van der Waals surface area contributed by atoms with Gasteiger partial charge in [0.25, 0.3) is 5.91 Å². The molecule has 0 spiro atoms. The lowest BCUT2D eigenvalue weighted by Gasteiger charge is -2.13. The molecule has 2 aromatic heterocycles. The zero-order valence-corrected chi connectivity index (χ0v) is 15.8. The highest BCUT2D eigenvalue weighted by atomic mass is 32.1. The van der Waals surface area contributed by atoms with E-state index in [4.69, 9.17) is 4.74 Å². The number of carbonyl (C=O) groups is 1. The molecule has 0 radical (unpaired) electrons. The van der Waals surface area contributed by atoms with Gasteiger partial charge in [-0.25, -0.2) is 4.98 Å². The van der Waals surface area contributed by atoms with E-state index in [0.717, 1.165) is 11.6 Å². The highest BCUT2D eigenvalue weighted by Crippen LogP contribution is 2.35. The van der Waals surface area contributed by atoms with Crippen molar-refractivity contribution in [3.63, 3.8) is 0 Å². The van der Waals surface area contributed by atoms with E-state index >= 15 is 0 Å². The van der Waals surface area contributed by atoms with Gasteiger partial charge in [0.1, 0.15) is 11.4 Å². The van der Waals surface area contributed by atoms with Crippen LogP contribution >= 0.6 is 11.3 Å². The van der Waals surface area contributed by atoms with Crippen LogP contribution in [0.25, 0.3) is 16.2 Å². The molecular formula is C20H14F3N3O2S. The van der Waals surface area contributed by atoms with Crippen LogP contribution in [0.3, 0.4) is 0 Å². The zero-order chi connectivity index (χ0) is 20.6. The van der Waals surface area contributed by atoms with Crippen LogP contribution in [-0.2, 0) is 6.18 Å². The zero-order valence-electron chi connectivity index (χ0n) is 15.0. The molecule has 148 valence electrons. The first-order valence-electron chi connectivity index (χ1n) is 8.45. The second kappa shape index (κ2) is 7.25. The Balaban J connectivity index is 1.67. The second-order valence-electron chi connectivity index (χ2n) is 6.13. The average molecular weight is 417 g/mol. The molecule has 5 nitrogen and oxygen atoms in total. The minimum Gasteiger partial charge on any atom is -0.497 e. The number of alkyl halides is 3. The molecule has 1 N–H and O–H groups in total. The van der Waals surface area contributed by atoms with Crippen molar-refractivity contribution in [2.24, 2.45) is 0 Å². The molecule has 0 saturated carbocycles. The summed E-state index contributed by atoms with van der Waals surface area (Å²) < 4.78 is 46.3. The Bertz CT molecular complexity index is 1200. The number of para-hydroxylation sites is 1. The predicted octanol–water partition coefficient (Wildman–Crippen LogP) is 5.34. The van der Waals surface area contributed by atoms with E-state index in [9.17, 15) is 18.0 Å². The van der Waals surface area contributed by atoms with Crippen LogP contribution in [-0.4, -0.2) is 22.4 Å². The fourth-order valence-corrected chi connectivity index (χ4v) is 3.75. The van der Waals surface area contributed by atoms with E-state index in [0.29, 0.717) is 16.4 Å². The number of fused-ring (bicyclic) bond motifs is 1. The topological polar surface area (TPSA) is 55.6 Å². The van der Waals surface area contributed by atoms with Gasteiger partial charge in [-0.1, -0.05) is 24.3 Å². The number of nitrogens with zero attached hydrogens (tertiary/aromatic N) is 2. The summed E-state index contributed by atoms with van der Waals surface area (Å²) >= 11 is 1.23. The van der Waals surface area contributed by atoms with Gasteiger partial charge in [-0.2, -0.15) is 13.2 Å². The summed E-state index contributed by atoms with van der Waals surface area (Å²) in [6.07, 6.45) is -2.90. The number of thiazole rings is 1. The first kappa shape index (κ1) is 19.0. The number of methoxy groups -OCH3 is 1. The van der Waals surface area contributed by atoms with Crippen molar-refractivity contribution in [2.75, 3.05) is 12.4 Å². The van der Waals surface area contributed by atoms with Gasteiger partial charge in [-0.05, 0) is 24.3 Å². The monoisotopic (exact) mass is 417 g/mol. The van der Waals surface area contributed by atoms with Crippen molar-refractivity contribution in [3.8, 4) is 17.0 Å². The Morgan fingerprint density at radius 3 is 2.72 bits per heavy atom. The molecule has 4 rings (SSSR count). The number of rotatable bonds is 4. The molecule has 29 heavy (non-hydrogen) atoms. The Labute approximate surface area is 167 Å². The summed E-state index contributed by atoms with van der Waals surface area (Å²) in [6, 6.07) is 12.2. The van der Waals surface area contributed by atoms with Gasteiger partial charge in [0.05, 0.1) is 24.1 Å². The van der Waals surface area contributed by atoms with E-state index in [1.54, 1.807) is 29.2 Å². The Morgan fingerprint density at radius 2 is 1.97 bits per heavy atom. The molecule has 0 saturated heterocycles. The highest BCUT2D eigenvalue weighted by Gasteiger charge is 2.33. The van der Waals surface area contributed by atoms with Crippen molar-refractivity contribution < 1.29 is 22.7 Å². The number of hydrogen-bond acceptors (Lipinski definition) is 4. The van der Waals surface area contributed by atoms with Crippen molar-refractivity contribution in [1.82, 2.24) is 9.38 Å². The molecule has 2 heterocycles. The minimum atomic E-state index is -4.57. The van der Waals surface area contributed by atoms with Crippen LogP contribution in [0.15, 0.2) is 60.1 Å². The maximum Gasteiger partial charge on any atom is 0.418 e. The van der Waals surface area contributed by atoms with Crippen molar-refractivity contribution in [3.05, 3.63) is 71.4 Å². The van der Waals surface area contributed by atoms with E-state index in [2.05, 4.69) is 10.3 Å². The SMILES string of the molecule is COc1cccc(-c2cn3c(C(=O)Nc4ccccc4C(F)(F)F)csc3n2)c1. The number of anilines is 1. The summed E-state index contributed by atoms with van der Waals surface area (Å²) in [5.41, 5.74) is 0.429. The number of imidazole rings is 1. The standard InChI is InChI=1S/C20H14F3N3O2S/c1-28-13-6-4-5-12(9-13)16-10-26-17(11-29-19(26)25-16)18(27)24-15-8-3-2-7-14(15)20(21,22)23/h2-11H,1H3,(H,24,27). The summed E-state index contributed by atoms with van der Waals surface area (Å²) in [7, 11) is 1.56. The fourth-order valence-electron chi connectivity index (χ4n) is 2.89. The highest BCUT2D eigenvalue weighted by molar-refractivity contribution is 7.15. The lowest BCUT2D eigenvalue weighted by Crippen LogP contribution is -2.17. The Hall–Kier alpha value is -3.33. The largest absolute Gasteiger partial charge is 0.497 e. The molecule has 0 aliphatic rings. The average Bonchev–Trinajstić information content (AvgIpc) is 3.28. The quantitative estimate of drug-likeness (QED) is 0.488. The number of ether oxygens (including phenoxy) is 1. The van der Waals surface area contributed by atoms with E-state index in [1.165, 1.54) is 29.5 Å². The summed E-state index contributed by atoms with van der Waals surface area (Å²) in [5.74, 6) is 0.0168. The molecule has 0 bridgehead atoms. The van der Waals surface area contributed by atoms with Crippen LogP contribution < -0.4 is 10.1 Å². The third kappa shape index (κ3) is 3.68. The van der Waals surface area contributed by atoms with Gasteiger partial charge in [0.2, 0.25) is 0 Å². The lowest BCUT2D eigenvalue weighted by atomic mass is 10.1. The van der Waals surface area contributed by atoms with E-state index in [1.807, 2.05) is 18.2 Å². The van der Waals surface area contributed by atoms with Gasteiger partial charge in [-0.15, -0.1) is 11.3 Å². The minimum absolute atomic E-state index is 0.198. The van der Waals surface area contributed by atoms with Crippen molar-refractivity contribution in [2.45, 2.75) is 6.18 Å². The summed E-state index contributed by atoms with van der Waals surface area (Å²) in [5, 5.41) is 3.92. The smallest absolute Gasteiger partial charge is 0.418 e. The normalized spacial score (nSPS) is 11.6. The number of halogens is 3. The Morgan fingerprint density at radius 1 is 1.17 bits per heavy atom. The van der Waals surface area contributed by atoms with E-state index < -0.39 is 17.6 Å². The van der Waals surface area contributed by atoms with Crippen LogP contribution in [0, 0.1) is 0 Å². The molecule has 0 aliphatic heterocycles. The molecule has 1 amide bonds. The number of carbonyl (C=O) groups excluding carboxylic acids is 1. The Kier molecular flexibility index (Phi) is 4.75. The fraction of sp³-hybridized carbons (Fsp3) is 0.100. The molecule has 0 fully saturated rings. The second-order valence-corrected chi connectivity index (χ2v) is 6.97. The molecular weight excluding hydrogens is 403 g/mol. The maximum absolute atomic E-state index is 13.2. The third-order valence-corrected chi connectivity index (χ3v) is 5.13. The van der Waals surface area contributed by atoms with Crippen LogP contribution in [0.5, 0.6) is 5.75 Å². The number of hydrogen-bond donors (Lipinski definition) is 1. The van der Waals surface area contributed by atoms with Gasteiger partial charge in [0, 0.05) is 17.1 Å². The predicted molar refractivity (Wildman–Crippen MR) is 104 cm³/mol. The van der Waals surface area contributed by atoms with Crippen molar-refractivity contribution >= 4 is 27.9 Å².